The van der Waals surface area contributed by atoms with E-state index < -0.39 is 19.0 Å². The van der Waals surface area contributed by atoms with Gasteiger partial charge in [0.2, 0.25) is 0 Å². The Morgan fingerprint density at radius 2 is 1.95 bits per heavy atom. The third-order valence-electron chi connectivity index (χ3n) is 3.56. The van der Waals surface area contributed by atoms with Crippen molar-refractivity contribution in [2.45, 2.75) is 12.3 Å². The van der Waals surface area contributed by atoms with Crippen LogP contribution in [0.25, 0.3) is 0 Å². The zero-order valence-corrected chi connectivity index (χ0v) is 12.0. The number of hydrogen-bond acceptors (Lipinski definition) is 4. The maximum absolute atomic E-state index is 13.4. The van der Waals surface area contributed by atoms with Crippen LogP contribution in [0.1, 0.15) is 11.6 Å². The van der Waals surface area contributed by atoms with Crippen LogP contribution < -0.4 is 14.8 Å². The molecule has 0 radical (unpaired) electrons. The van der Waals surface area contributed by atoms with Gasteiger partial charge in [0.05, 0.1) is 6.04 Å². The topological polar surface area (TPSA) is 33.7 Å². The molecule has 118 valence electrons. The van der Waals surface area contributed by atoms with Crippen molar-refractivity contribution in [3.8, 4) is 11.5 Å². The summed E-state index contributed by atoms with van der Waals surface area (Å²) in [6, 6.07) is 3.98. The summed E-state index contributed by atoms with van der Waals surface area (Å²) in [5.41, 5.74) is 0.407. The number of halogens is 4. The molecule has 1 saturated heterocycles. The van der Waals surface area contributed by atoms with E-state index in [1.54, 1.807) is 12.1 Å². The van der Waals surface area contributed by atoms with Crippen LogP contribution in [-0.4, -0.2) is 44.0 Å². The lowest BCUT2D eigenvalue weighted by Gasteiger charge is -2.33. The molecule has 3 rings (SSSR count). The van der Waals surface area contributed by atoms with E-state index in [0.29, 0.717) is 18.7 Å². The van der Waals surface area contributed by atoms with Gasteiger partial charge in [-0.3, -0.25) is 4.90 Å². The first-order valence-electron chi connectivity index (χ1n) is 6.50. The third-order valence-corrected chi connectivity index (χ3v) is 3.56. The van der Waals surface area contributed by atoms with Crippen molar-refractivity contribution in [3.05, 3.63) is 23.8 Å². The minimum Gasteiger partial charge on any atom is -0.395 e. The van der Waals surface area contributed by atoms with Gasteiger partial charge >= 0.3 is 6.29 Å². The van der Waals surface area contributed by atoms with E-state index in [2.05, 4.69) is 14.8 Å². The molecule has 0 aromatic heterocycles. The van der Waals surface area contributed by atoms with E-state index >= 15 is 0 Å². The average Bonchev–Trinajstić information content (AvgIpc) is 2.75. The number of ether oxygens (including phenoxy) is 2. The van der Waals surface area contributed by atoms with Gasteiger partial charge < -0.3 is 14.8 Å². The highest BCUT2D eigenvalue weighted by Crippen LogP contribution is 2.46. The monoisotopic (exact) mass is 324 g/mol. The van der Waals surface area contributed by atoms with Crippen molar-refractivity contribution in [1.82, 2.24) is 10.2 Å². The van der Waals surface area contributed by atoms with Gasteiger partial charge in [0.15, 0.2) is 11.5 Å². The fourth-order valence-electron chi connectivity index (χ4n) is 2.62. The Labute approximate surface area is 126 Å². The average molecular weight is 325 g/mol. The van der Waals surface area contributed by atoms with Gasteiger partial charge in [0.1, 0.15) is 6.67 Å². The summed E-state index contributed by atoms with van der Waals surface area (Å²) in [6.45, 7) is 2.16. The van der Waals surface area contributed by atoms with E-state index in [-0.39, 0.29) is 23.9 Å². The molecule has 1 aromatic rings. The number of fused-ring (bicyclic) bond motifs is 1. The zero-order valence-electron chi connectivity index (χ0n) is 11.2. The number of nitrogens with zero attached hydrogens (tertiary/aromatic N) is 1. The molecule has 8 heteroatoms. The molecule has 0 unspecified atom stereocenters. The quantitative estimate of drug-likeness (QED) is 0.925. The van der Waals surface area contributed by atoms with Crippen LogP contribution in [0.3, 0.4) is 0 Å². The molecule has 1 N–H and O–H groups in total. The predicted molar refractivity (Wildman–Crippen MR) is 73.1 cm³/mol. The number of para-hydroxylation sites is 1. The van der Waals surface area contributed by atoms with Crippen molar-refractivity contribution in [2.75, 3.05) is 32.9 Å². The lowest BCUT2D eigenvalue weighted by molar-refractivity contribution is -0.287. The smallest absolute Gasteiger partial charge is 0.395 e. The zero-order chi connectivity index (χ0) is 14.2. The van der Waals surface area contributed by atoms with E-state index in [1.807, 2.05) is 4.90 Å². The Bertz CT molecular complexity index is 498. The van der Waals surface area contributed by atoms with Crippen LogP contribution in [-0.2, 0) is 0 Å². The number of piperazine rings is 1. The molecule has 1 aromatic carbocycles. The van der Waals surface area contributed by atoms with Crippen LogP contribution in [0.15, 0.2) is 18.2 Å². The van der Waals surface area contributed by atoms with Crippen molar-refractivity contribution in [2.24, 2.45) is 0 Å². The summed E-state index contributed by atoms with van der Waals surface area (Å²) in [5.74, 6) is -0.0974. The van der Waals surface area contributed by atoms with Crippen LogP contribution in [0.2, 0.25) is 0 Å². The summed E-state index contributed by atoms with van der Waals surface area (Å²) < 4.78 is 48.7. The van der Waals surface area contributed by atoms with Gasteiger partial charge in [0, 0.05) is 31.7 Å². The van der Waals surface area contributed by atoms with Gasteiger partial charge in [-0.15, -0.1) is 21.2 Å². The van der Waals surface area contributed by atoms with Crippen molar-refractivity contribution in [3.63, 3.8) is 0 Å². The van der Waals surface area contributed by atoms with Crippen LogP contribution in [0.4, 0.5) is 13.2 Å². The lowest BCUT2D eigenvalue weighted by Crippen LogP contribution is -2.45. The molecule has 0 amide bonds. The molecule has 0 bridgehead atoms. The summed E-state index contributed by atoms with van der Waals surface area (Å²) >= 11 is 0. The Balaban J connectivity index is 0.00000161. The molecule has 2 aliphatic heterocycles. The van der Waals surface area contributed by atoms with Gasteiger partial charge in [0.25, 0.3) is 0 Å². The molecular formula is C13H16ClF3N2O2. The highest BCUT2D eigenvalue weighted by molar-refractivity contribution is 5.85. The number of hydrogen-bond donors (Lipinski definition) is 1. The molecule has 1 fully saturated rings. The molecule has 2 aliphatic rings. The Morgan fingerprint density at radius 3 is 2.62 bits per heavy atom. The van der Waals surface area contributed by atoms with E-state index in [9.17, 15) is 13.2 Å². The minimum absolute atomic E-state index is 0. The van der Waals surface area contributed by atoms with E-state index in [0.717, 1.165) is 13.1 Å². The van der Waals surface area contributed by atoms with Gasteiger partial charge in [-0.05, 0) is 6.07 Å². The minimum atomic E-state index is -3.68. The summed E-state index contributed by atoms with van der Waals surface area (Å²) in [5, 5.41) is 3.17. The van der Waals surface area contributed by atoms with Gasteiger partial charge in [-0.25, -0.2) is 4.39 Å². The number of benzene rings is 1. The molecule has 0 saturated carbocycles. The molecule has 0 spiro atoms. The van der Waals surface area contributed by atoms with E-state index in [1.165, 1.54) is 6.07 Å². The SMILES string of the molecule is Cl.FC[C@H](c1cccc2c1OC(F)(F)O2)N1CCNCC1. The fourth-order valence-corrected chi connectivity index (χ4v) is 2.62. The first-order valence-corrected chi connectivity index (χ1v) is 6.50. The maximum atomic E-state index is 13.4. The second kappa shape index (κ2) is 6.29. The maximum Gasteiger partial charge on any atom is 0.586 e. The van der Waals surface area contributed by atoms with E-state index in [4.69, 9.17) is 0 Å². The molecule has 0 aliphatic carbocycles. The van der Waals surface area contributed by atoms with Crippen molar-refractivity contribution in [1.29, 1.82) is 0 Å². The lowest BCUT2D eigenvalue weighted by atomic mass is 10.0. The Kier molecular flexibility index (Phi) is 4.85. The predicted octanol–water partition coefficient (Wildman–Crippen LogP) is 2.35. The largest absolute Gasteiger partial charge is 0.586 e. The third kappa shape index (κ3) is 3.20. The standard InChI is InChI=1S/C13H15F3N2O2.ClH/c14-8-10(18-6-4-17-5-7-18)9-2-1-3-11-12(9)20-13(15,16)19-11;/h1-3,10,17H,4-8H2;1H/t10-;/m1./s1. The Morgan fingerprint density at radius 1 is 1.24 bits per heavy atom. The first kappa shape index (κ1) is 16.2. The highest BCUT2D eigenvalue weighted by Gasteiger charge is 2.45. The number of alkyl halides is 3. The van der Waals surface area contributed by atoms with Crippen LogP contribution >= 0.6 is 12.4 Å². The molecule has 1 atom stereocenters. The fraction of sp³-hybridized carbons (Fsp3) is 0.538. The molecule has 4 nitrogen and oxygen atoms in total. The van der Waals surface area contributed by atoms with Crippen LogP contribution in [0.5, 0.6) is 11.5 Å². The van der Waals surface area contributed by atoms with Gasteiger partial charge in [-0.2, -0.15) is 0 Å². The normalized spacial score (nSPS) is 21.7. The van der Waals surface area contributed by atoms with Crippen LogP contribution in [0, 0.1) is 0 Å². The summed E-state index contributed by atoms with van der Waals surface area (Å²) in [7, 11) is 0. The first-order chi connectivity index (χ1) is 9.61. The summed E-state index contributed by atoms with van der Waals surface area (Å²) in [4.78, 5) is 1.92. The second-order valence-electron chi connectivity index (χ2n) is 4.80. The highest BCUT2D eigenvalue weighted by atomic mass is 35.5. The molecular weight excluding hydrogens is 309 g/mol. The number of nitrogens with one attached hydrogen (secondary N) is 1. The molecule has 21 heavy (non-hydrogen) atoms. The van der Waals surface area contributed by atoms with Crippen molar-refractivity contribution < 1.29 is 22.6 Å². The van der Waals surface area contributed by atoms with Crippen molar-refractivity contribution >= 4 is 12.4 Å². The summed E-state index contributed by atoms with van der Waals surface area (Å²) in [6.07, 6.45) is -3.68. The number of rotatable bonds is 3. The second-order valence-corrected chi connectivity index (χ2v) is 4.80. The van der Waals surface area contributed by atoms with Gasteiger partial charge in [-0.1, -0.05) is 12.1 Å². The molecule has 2 heterocycles. The Hall–Kier alpha value is -1.18.